The Morgan fingerprint density at radius 2 is 2.12 bits per heavy atom. The largest absolute Gasteiger partial charge is 0.473 e. The molecule has 1 saturated carbocycles. The van der Waals surface area contributed by atoms with Crippen molar-refractivity contribution in [1.29, 1.82) is 0 Å². The maximum absolute atomic E-state index is 5.64. The van der Waals surface area contributed by atoms with Gasteiger partial charge in [-0.3, -0.25) is 0 Å². The van der Waals surface area contributed by atoms with Crippen molar-refractivity contribution in [1.82, 2.24) is 9.97 Å². The summed E-state index contributed by atoms with van der Waals surface area (Å²) in [5, 5.41) is 0. The normalized spacial score (nSPS) is 22.2. The van der Waals surface area contributed by atoms with Crippen molar-refractivity contribution in [3.8, 4) is 17.7 Å². The molecule has 1 aromatic rings. The van der Waals surface area contributed by atoms with Gasteiger partial charge in [0.05, 0.1) is 18.5 Å². The molecule has 1 fully saturated rings. The zero-order valence-corrected chi connectivity index (χ0v) is 10.1. The first-order valence-electron chi connectivity index (χ1n) is 5.82. The Morgan fingerprint density at radius 1 is 1.29 bits per heavy atom. The van der Waals surface area contributed by atoms with Crippen molar-refractivity contribution >= 4 is 0 Å². The van der Waals surface area contributed by atoms with Crippen molar-refractivity contribution in [2.24, 2.45) is 0 Å². The number of hydrogen-bond acceptors (Lipinski definition) is 4. The van der Waals surface area contributed by atoms with E-state index in [1.807, 2.05) is 6.92 Å². The summed E-state index contributed by atoms with van der Waals surface area (Å²) in [4.78, 5) is 8.35. The predicted octanol–water partition coefficient (Wildman–Crippen LogP) is 1.79. The van der Waals surface area contributed by atoms with Crippen molar-refractivity contribution in [2.45, 2.75) is 38.4 Å². The van der Waals surface area contributed by atoms with Crippen LogP contribution in [0.2, 0.25) is 0 Å². The second-order valence-electron chi connectivity index (χ2n) is 3.96. The quantitative estimate of drug-likeness (QED) is 0.745. The summed E-state index contributed by atoms with van der Waals surface area (Å²) in [6.45, 7) is 2.00. The highest BCUT2D eigenvalue weighted by atomic mass is 16.5. The molecule has 0 bridgehead atoms. The number of hydrogen-bond donors (Lipinski definition) is 0. The molecule has 0 aliphatic heterocycles. The van der Waals surface area contributed by atoms with Gasteiger partial charge in [0, 0.05) is 26.4 Å². The maximum atomic E-state index is 5.64. The number of rotatable bonds is 3. The molecule has 1 aromatic heterocycles. The molecule has 1 heterocycles. The minimum atomic E-state index is 0.210. The Labute approximate surface area is 101 Å². The second-order valence-corrected chi connectivity index (χ2v) is 3.96. The molecule has 0 amide bonds. The number of ether oxygens (including phenoxy) is 2. The van der Waals surface area contributed by atoms with Crippen LogP contribution < -0.4 is 4.74 Å². The highest BCUT2D eigenvalue weighted by molar-refractivity contribution is 5.25. The van der Waals surface area contributed by atoms with E-state index in [0.717, 1.165) is 19.3 Å². The molecule has 0 N–H and O–H groups in total. The van der Waals surface area contributed by atoms with Crippen LogP contribution in [-0.2, 0) is 4.74 Å². The fourth-order valence-corrected chi connectivity index (χ4v) is 1.60. The minimum absolute atomic E-state index is 0.210. The summed E-state index contributed by atoms with van der Waals surface area (Å²) in [6, 6.07) is 0. The Balaban J connectivity index is 1.86. The monoisotopic (exact) mass is 232 g/mol. The second kappa shape index (κ2) is 5.65. The van der Waals surface area contributed by atoms with E-state index >= 15 is 0 Å². The fraction of sp³-hybridized carbons (Fsp3) is 0.538. The molecule has 17 heavy (non-hydrogen) atoms. The van der Waals surface area contributed by atoms with Crippen LogP contribution in [-0.4, -0.2) is 29.3 Å². The predicted molar refractivity (Wildman–Crippen MR) is 63.6 cm³/mol. The first-order chi connectivity index (χ1) is 8.31. The van der Waals surface area contributed by atoms with Gasteiger partial charge in [-0.15, -0.1) is 0 Å². The molecule has 1 aliphatic carbocycles. The van der Waals surface area contributed by atoms with Crippen molar-refractivity contribution < 1.29 is 9.47 Å². The lowest BCUT2D eigenvalue weighted by Gasteiger charge is -2.33. The summed E-state index contributed by atoms with van der Waals surface area (Å²) in [7, 11) is 1.72. The van der Waals surface area contributed by atoms with Gasteiger partial charge < -0.3 is 9.47 Å². The maximum Gasteiger partial charge on any atom is 0.232 e. The summed E-state index contributed by atoms with van der Waals surface area (Å²) in [6.07, 6.45) is 6.49. The molecule has 0 radical (unpaired) electrons. The Morgan fingerprint density at radius 3 is 2.71 bits per heavy atom. The highest BCUT2D eigenvalue weighted by Gasteiger charge is 2.31. The van der Waals surface area contributed by atoms with Gasteiger partial charge in [-0.1, -0.05) is 12.8 Å². The average molecular weight is 232 g/mol. The van der Waals surface area contributed by atoms with Gasteiger partial charge in [-0.25, -0.2) is 9.97 Å². The van der Waals surface area contributed by atoms with Gasteiger partial charge in [-0.05, 0) is 5.92 Å². The molecular weight excluding hydrogens is 216 g/mol. The summed E-state index contributed by atoms with van der Waals surface area (Å²) >= 11 is 0. The SMILES string of the molecule is CCC#Cc1cnc(OC2CC(OC)C2)cn1. The molecule has 0 saturated heterocycles. The molecule has 0 atom stereocenters. The fourth-order valence-electron chi connectivity index (χ4n) is 1.60. The summed E-state index contributed by atoms with van der Waals surface area (Å²) in [5.74, 6) is 6.43. The number of methoxy groups -OCH3 is 1. The topological polar surface area (TPSA) is 44.2 Å². The van der Waals surface area contributed by atoms with Gasteiger partial charge in [0.1, 0.15) is 11.8 Å². The molecule has 2 rings (SSSR count). The van der Waals surface area contributed by atoms with Crippen LogP contribution in [0.5, 0.6) is 5.88 Å². The lowest BCUT2D eigenvalue weighted by Crippen LogP contribution is -2.39. The van der Waals surface area contributed by atoms with Crippen LogP contribution >= 0.6 is 0 Å². The van der Waals surface area contributed by atoms with Crippen molar-refractivity contribution in [2.75, 3.05) is 7.11 Å². The Hall–Kier alpha value is -1.60. The first kappa shape index (κ1) is 11.9. The van der Waals surface area contributed by atoms with Crippen molar-refractivity contribution in [3.63, 3.8) is 0 Å². The van der Waals surface area contributed by atoms with Crippen LogP contribution in [0.25, 0.3) is 0 Å². The third kappa shape index (κ3) is 3.18. The zero-order chi connectivity index (χ0) is 12.1. The molecule has 0 unspecified atom stereocenters. The Bertz CT molecular complexity index is 413. The number of nitrogens with zero attached hydrogens (tertiary/aromatic N) is 2. The zero-order valence-electron chi connectivity index (χ0n) is 10.1. The van der Waals surface area contributed by atoms with Crippen LogP contribution in [0.1, 0.15) is 31.9 Å². The molecular formula is C13H16N2O2. The van der Waals surface area contributed by atoms with Gasteiger partial charge in [0.2, 0.25) is 5.88 Å². The molecule has 0 spiro atoms. The van der Waals surface area contributed by atoms with Crippen molar-refractivity contribution in [3.05, 3.63) is 18.1 Å². The lowest BCUT2D eigenvalue weighted by atomic mass is 9.92. The Kier molecular flexibility index (Phi) is 3.94. The molecule has 4 heteroatoms. The smallest absolute Gasteiger partial charge is 0.232 e. The van der Waals surface area contributed by atoms with Crippen LogP contribution in [0.3, 0.4) is 0 Å². The van der Waals surface area contributed by atoms with Gasteiger partial charge in [-0.2, -0.15) is 0 Å². The van der Waals surface area contributed by atoms with Crippen LogP contribution in [0, 0.1) is 11.8 Å². The van der Waals surface area contributed by atoms with E-state index in [9.17, 15) is 0 Å². The van der Waals surface area contributed by atoms with Gasteiger partial charge in [0.25, 0.3) is 0 Å². The van der Waals surface area contributed by atoms with E-state index in [1.165, 1.54) is 0 Å². The average Bonchev–Trinajstić information content (AvgIpc) is 2.32. The summed E-state index contributed by atoms with van der Waals surface area (Å²) in [5.41, 5.74) is 0.683. The highest BCUT2D eigenvalue weighted by Crippen LogP contribution is 2.26. The van der Waals surface area contributed by atoms with Crippen LogP contribution in [0.15, 0.2) is 12.4 Å². The molecule has 0 aromatic carbocycles. The molecule has 90 valence electrons. The molecule has 1 aliphatic rings. The van der Waals surface area contributed by atoms with Gasteiger partial charge in [0.15, 0.2) is 0 Å². The van der Waals surface area contributed by atoms with E-state index < -0.39 is 0 Å². The van der Waals surface area contributed by atoms with Crippen LogP contribution in [0.4, 0.5) is 0 Å². The van der Waals surface area contributed by atoms with E-state index in [0.29, 0.717) is 17.7 Å². The van der Waals surface area contributed by atoms with E-state index in [2.05, 4.69) is 21.8 Å². The standard InChI is InChI=1S/C13H16N2O2/c1-3-4-5-10-8-15-13(9-14-10)17-12-6-11(7-12)16-2/h8-9,11-12H,3,6-7H2,1-2H3. The lowest BCUT2D eigenvalue weighted by molar-refractivity contribution is -0.0397. The van der Waals surface area contributed by atoms with E-state index in [4.69, 9.17) is 9.47 Å². The number of aromatic nitrogens is 2. The third-order valence-electron chi connectivity index (χ3n) is 2.69. The summed E-state index contributed by atoms with van der Waals surface area (Å²) < 4.78 is 10.8. The third-order valence-corrected chi connectivity index (χ3v) is 2.69. The van der Waals surface area contributed by atoms with E-state index in [1.54, 1.807) is 19.5 Å². The van der Waals surface area contributed by atoms with E-state index in [-0.39, 0.29) is 6.10 Å². The first-order valence-corrected chi connectivity index (χ1v) is 5.82. The molecule has 4 nitrogen and oxygen atoms in total. The van der Waals surface area contributed by atoms with Gasteiger partial charge >= 0.3 is 0 Å². The minimum Gasteiger partial charge on any atom is -0.473 e.